The fourth-order valence-electron chi connectivity index (χ4n) is 2.78. The molecule has 0 saturated carbocycles. The summed E-state index contributed by atoms with van der Waals surface area (Å²) in [6.45, 7) is 2.37. The Morgan fingerprint density at radius 2 is 1.76 bits per heavy atom. The standard InChI is InChI=1S/C20H20N2O3/c1-3-22-17-12-8-7-11-16(17)18(13-19(22)23)25-14-20(24)21(2)15-9-5-4-6-10-15/h4-13H,3,14H2,1-2H3. The van der Waals surface area contributed by atoms with Crippen molar-refractivity contribution in [2.24, 2.45) is 0 Å². The summed E-state index contributed by atoms with van der Waals surface area (Å²) < 4.78 is 7.38. The number of ether oxygens (including phenoxy) is 1. The second-order valence-corrected chi connectivity index (χ2v) is 5.69. The zero-order valence-corrected chi connectivity index (χ0v) is 14.3. The third-order valence-corrected chi connectivity index (χ3v) is 4.17. The number of fused-ring (bicyclic) bond motifs is 1. The fraction of sp³-hybridized carbons (Fsp3) is 0.200. The smallest absolute Gasteiger partial charge is 0.264 e. The molecule has 0 spiro atoms. The van der Waals surface area contributed by atoms with E-state index in [0.29, 0.717) is 12.3 Å². The van der Waals surface area contributed by atoms with Crippen LogP contribution in [0.25, 0.3) is 10.9 Å². The Kier molecular flexibility index (Phi) is 4.84. The number of aryl methyl sites for hydroxylation is 1. The molecule has 0 aliphatic heterocycles. The Morgan fingerprint density at radius 1 is 1.08 bits per heavy atom. The molecule has 0 unspecified atom stereocenters. The van der Waals surface area contributed by atoms with Gasteiger partial charge in [0.15, 0.2) is 6.61 Å². The summed E-state index contributed by atoms with van der Waals surface area (Å²) in [7, 11) is 1.70. The van der Waals surface area contributed by atoms with Gasteiger partial charge in [-0.3, -0.25) is 9.59 Å². The highest BCUT2D eigenvalue weighted by atomic mass is 16.5. The lowest BCUT2D eigenvalue weighted by atomic mass is 10.2. The maximum atomic E-state index is 12.4. The Balaban J connectivity index is 1.84. The van der Waals surface area contributed by atoms with Gasteiger partial charge in [-0.25, -0.2) is 0 Å². The maximum absolute atomic E-state index is 12.4. The van der Waals surface area contributed by atoms with Gasteiger partial charge in [0.1, 0.15) is 5.75 Å². The number of nitrogens with zero attached hydrogens (tertiary/aromatic N) is 2. The number of aromatic nitrogens is 1. The van der Waals surface area contributed by atoms with Crippen LogP contribution in [0.15, 0.2) is 65.5 Å². The molecule has 0 fully saturated rings. The quantitative estimate of drug-likeness (QED) is 0.719. The van der Waals surface area contributed by atoms with E-state index in [1.54, 1.807) is 11.6 Å². The second kappa shape index (κ2) is 7.21. The first-order valence-corrected chi connectivity index (χ1v) is 8.18. The van der Waals surface area contributed by atoms with Gasteiger partial charge in [0.25, 0.3) is 11.5 Å². The first kappa shape index (κ1) is 16.8. The number of likely N-dealkylation sites (N-methyl/N-ethyl adjacent to an activating group) is 1. The van der Waals surface area contributed by atoms with Crippen LogP contribution in [0.1, 0.15) is 6.92 Å². The molecule has 1 heterocycles. The van der Waals surface area contributed by atoms with Crippen molar-refractivity contribution >= 4 is 22.5 Å². The summed E-state index contributed by atoms with van der Waals surface area (Å²) in [5.41, 5.74) is 1.46. The van der Waals surface area contributed by atoms with Crippen molar-refractivity contribution in [1.29, 1.82) is 0 Å². The van der Waals surface area contributed by atoms with Crippen LogP contribution in [-0.4, -0.2) is 24.1 Å². The molecule has 0 atom stereocenters. The van der Waals surface area contributed by atoms with Gasteiger partial charge in [0.2, 0.25) is 0 Å². The van der Waals surface area contributed by atoms with Crippen LogP contribution < -0.4 is 15.2 Å². The maximum Gasteiger partial charge on any atom is 0.264 e. The molecule has 25 heavy (non-hydrogen) atoms. The zero-order valence-electron chi connectivity index (χ0n) is 14.3. The third kappa shape index (κ3) is 3.40. The van der Waals surface area contributed by atoms with Crippen molar-refractivity contribution in [1.82, 2.24) is 4.57 Å². The number of hydrogen-bond donors (Lipinski definition) is 0. The molecule has 5 nitrogen and oxygen atoms in total. The van der Waals surface area contributed by atoms with E-state index in [1.807, 2.05) is 61.5 Å². The minimum absolute atomic E-state index is 0.134. The van der Waals surface area contributed by atoms with E-state index in [1.165, 1.54) is 11.0 Å². The van der Waals surface area contributed by atoms with E-state index in [-0.39, 0.29) is 18.1 Å². The van der Waals surface area contributed by atoms with E-state index < -0.39 is 0 Å². The molecule has 128 valence electrons. The van der Waals surface area contributed by atoms with Gasteiger partial charge in [0, 0.05) is 30.7 Å². The third-order valence-electron chi connectivity index (χ3n) is 4.17. The van der Waals surface area contributed by atoms with Gasteiger partial charge < -0.3 is 14.2 Å². The molecule has 0 bridgehead atoms. The van der Waals surface area contributed by atoms with Crippen LogP contribution in [0.4, 0.5) is 5.69 Å². The summed E-state index contributed by atoms with van der Waals surface area (Å²) in [5, 5.41) is 0.819. The average molecular weight is 336 g/mol. The van der Waals surface area contributed by atoms with Crippen LogP contribution in [0.5, 0.6) is 5.75 Å². The molecule has 0 aliphatic carbocycles. The van der Waals surface area contributed by atoms with E-state index in [9.17, 15) is 9.59 Å². The van der Waals surface area contributed by atoms with Crippen LogP contribution in [0, 0.1) is 0 Å². The number of pyridine rings is 1. The molecule has 1 aromatic heterocycles. The number of anilines is 1. The van der Waals surface area contributed by atoms with Gasteiger partial charge in [0.05, 0.1) is 5.52 Å². The van der Waals surface area contributed by atoms with E-state index in [4.69, 9.17) is 4.74 Å². The van der Waals surface area contributed by atoms with Crippen molar-refractivity contribution < 1.29 is 9.53 Å². The highest BCUT2D eigenvalue weighted by Crippen LogP contribution is 2.23. The Morgan fingerprint density at radius 3 is 2.48 bits per heavy atom. The first-order valence-electron chi connectivity index (χ1n) is 8.18. The number of carbonyl (C=O) groups excluding carboxylic acids is 1. The van der Waals surface area contributed by atoms with Crippen molar-refractivity contribution in [2.75, 3.05) is 18.6 Å². The topological polar surface area (TPSA) is 51.5 Å². The Bertz CT molecular complexity index is 948. The van der Waals surface area contributed by atoms with Crippen molar-refractivity contribution in [3.8, 4) is 5.75 Å². The lowest BCUT2D eigenvalue weighted by molar-refractivity contribution is -0.120. The number of carbonyl (C=O) groups is 1. The molecule has 3 rings (SSSR count). The van der Waals surface area contributed by atoms with Crippen LogP contribution in [0.2, 0.25) is 0 Å². The lowest BCUT2D eigenvalue weighted by Crippen LogP contribution is -2.31. The van der Waals surface area contributed by atoms with Gasteiger partial charge in [-0.15, -0.1) is 0 Å². The summed E-state index contributed by atoms with van der Waals surface area (Å²) in [5.74, 6) is 0.245. The average Bonchev–Trinajstić information content (AvgIpc) is 2.66. The number of benzene rings is 2. The van der Waals surface area contributed by atoms with Gasteiger partial charge >= 0.3 is 0 Å². The van der Waals surface area contributed by atoms with Crippen molar-refractivity contribution in [3.63, 3.8) is 0 Å². The number of para-hydroxylation sites is 2. The monoisotopic (exact) mass is 336 g/mol. The van der Waals surface area contributed by atoms with Gasteiger partial charge in [-0.1, -0.05) is 30.3 Å². The minimum Gasteiger partial charge on any atom is -0.483 e. The Hall–Kier alpha value is -3.08. The summed E-state index contributed by atoms with van der Waals surface area (Å²) in [6.07, 6.45) is 0. The Labute approximate surface area is 146 Å². The first-order chi connectivity index (χ1) is 12.1. The van der Waals surface area contributed by atoms with E-state index >= 15 is 0 Å². The highest BCUT2D eigenvalue weighted by Gasteiger charge is 2.14. The number of hydrogen-bond acceptors (Lipinski definition) is 3. The largest absolute Gasteiger partial charge is 0.483 e. The molecule has 2 aromatic carbocycles. The molecule has 0 N–H and O–H groups in total. The van der Waals surface area contributed by atoms with Crippen molar-refractivity contribution in [3.05, 3.63) is 71.0 Å². The van der Waals surface area contributed by atoms with E-state index in [0.717, 1.165) is 16.6 Å². The summed E-state index contributed by atoms with van der Waals surface area (Å²) in [6, 6.07) is 18.3. The molecular weight excluding hydrogens is 316 g/mol. The van der Waals surface area contributed by atoms with Crippen LogP contribution in [0.3, 0.4) is 0 Å². The molecule has 0 radical (unpaired) electrons. The fourth-order valence-corrected chi connectivity index (χ4v) is 2.78. The molecule has 0 aliphatic rings. The van der Waals surface area contributed by atoms with Crippen molar-refractivity contribution in [2.45, 2.75) is 13.5 Å². The number of rotatable bonds is 5. The molecule has 1 amide bonds. The molecule has 3 aromatic rings. The molecule has 0 saturated heterocycles. The van der Waals surface area contributed by atoms with Gasteiger partial charge in [-0.05, 0) is 31.2 Å². The summed E-state index contributed by atoms with van der Waals surface area (Å²) in [4.78, 5) is 26.2. The van der Waals surface area contributed by atoms with Crippen LogP contribution >= 0.6 is 0 Å². The normalized spacial score (nSPS) is 10.6. The summed E-state index contributed by atoms with van der Waals surface area (Å²) >= 11 is 0. The lowest BCUT2D eigenvalue weighted by Gasteiger charge is -2.18. The zero-order chi connectivity index (χ0) is 17.8. The predicted octanol–water partition coefficient (Wildman–Crippen LogP) is 3.06. The van der Waals surface area contributed by atoms with E-state index in [2.05, 4.69) is 0 Å². The second-order valence-electron chi connectivity index (χ2n) is 5.69. The van der Waals surface area contributed by atoms with Crippen LogP contribution in [-0.2, 0) is 11.3 Å². The molecular formula is C20H20N2O3. The molecule has 5 heteroatoms. The predicted molar refractivity (Wildman–Crippen MR) is 99.2 cm³/mol. The number of amides is 1. The highest BCUT2D eigenvalue weighted by molar-refractivity contribution is 5.94. The van der Waals surface area contributed by atoms with Gasteiger partial charge in [-0.2, -0.15) is 0 Å². The minimum atomic E-state index is -0.185. The SMILES string of the molecule is CCn1c(=O)cc(OCC(=O)N(C)c2ccccc2)c2ccccc21.